The Bertz CT molecular complexity index is 859. The molecule has 24 heavy (non-hydrogen) atoms. The summed E-state index contributed by atoms with van der Waals surface area (Å²) in [7, 11) is 1.48. The third-order valence-electron chi connectivity index (χ3n) is 3.38. The quantitative estimate of drug-likeness (QED) is 0.666. The van der Waals surface area contributed by atoms with Crippen LogP contribution >= 0.6 is 0 Å². The topological polar surface area (TPSA) is 61.6 Å². The average Bonchev–Trinajstić information content (AvgIpc) is 3.08. The summed E-state index contributed by atoms with van der Waals surface area (Å²) in [4.78, 5) is 12.1. The van der Waals surface area contributed by atoms with Crippen LogP contribution in [0.1, 0.15) is 16.1 Å². The Morgan fingerprint density at radius 1 is 1.17 bits per heavy atom. The Balaban J connectivity index is 1.70. The molecule has 1 heterocycles. The first-order chi connectivity index (χ1) is 11.7. The predicted molar refractivity (Wildman–Crippen MR) is 84.0 cm³/mol. The molecule has 0 aliphatic rings. The van der Waals surface area contributed by atoms with Crippen molar-refractivity contribution in [1.29, 1.82) is 0 Å². The SMILES string of the molecule is COc1ccccc1C(=O)OCc1cc(-c2ccccc2F)on1. The van der Waals surface area contributed by atoms with Crippen LogP contribution in [0.3, 0.4) is 0 Å². The molecular weight excluding hydrogens is 313 g/mol. The maximum atomic E-state index is 13.7. The van der Waals surface area contributed by atoms with Gasteiger partial charge in [0.25, 0.3) is 0 Å². The molecule has 0 amide bonds. The van der Waals surface area contributed by atoms with Gasteiger partial charge in [-0.2, -0.15) is 0 Å². The first kappa shape index (κ1) is 15.7. The number of aromatic nitrogens is 1. The molecule has 0 aliphatic heterocycles. The van der Waals surface area contributed by atoms with Gasteiger partial charge in [-0.05, 0) is 24.3 Å². The van der Waals surface area contributed by atoms with Crippen molar-refractivity contribution in [2.75, 3.05) is 7.11 Å². The minimum absolute atomic E-state index is 0.0885. The molecule has 0 saturated heterocycles. The summed E-state index contributed by atoms with van der Waals surface area (Å²) in [5.74, 6) is -0.250. The largest absolute Gasteiger partial charge is 0.496 e. The van der Waals surface area contributed by atoms with Gasteiger partial charge in [-0.3, -0.25) is 0 Å². The van der Waals surface area contributed by atoms with Crippen molar-refractivity contribution in [1.82, 2.24) is 5.16 Å². The molecule has 0 unspecified atom stereocenters. The zero-order valence-electron chi connectivity index (χ0n) is 12.9. The Hall–Kier alpha value is -3.15. The number of halogens is 1. The summed E-state index contributed by atoms with van der Waals surface area (Å²) >= 11 is 0. The van der Waals surface area contributed by atoms with Crippen molar-refractivity contribution in [3.63, 3.8) is 0 Å². The van der Waals surface area contributed by atoms with Crippen LogP contribution in [-0.4, -0.2) is 18.2 Å². The van der Waals surface area contributed by atoms with E-state index >= 15 is 0 Å². The summed E-state index contributed by atoms with van der Waals surface area (Å²) in [6.07, 6.45) is 0. The molecule has 0 N–H and O–H groups in total. The van der Waals surface area contributed by atoms with E-state index in [9.17, 15) is 9.18 Å². The van der Waals surface area contributed by atoms with Crippen LogP contribution in [-0.2, 0) is 11.3 Å². The lowest BCUT2D eigenvalue weighted by molar-refractivity contribution is 0.0460. The molecule has 0 fully saturated rings. The van der Waals surface area contributed by atoms with E-state index in [1.54, 1.807) is 42.5 Å². The molecule has 0 spiro atoms. The number of ether oxygens (including phenoxy) is 2. The van der Waals surface area contributed by atoms with Crippen molar-refractivity contribution in [2.45, 2.75) is 6.61 Å². The fourth-order valence-corrected chi connectivity index (χ4v) is 2.20. The highest BCUT2D eigenvalue weighted by Crippen LogP contribution is 2.24. The van der Waals surface area contributed by atoms with Gasteiger partial charge in [0.15, 0.2) is 5.76 Å². The van der Waals surface area contributed by atoms with E-state index in [1.165, 1.54) is 19.2 Å². The number of hydrogen-bond acceptors (Lipinski definition) is 5. The van der Waals surface area contributed by atoms with Crippen LogP contribution in [0.2, 0.25) is 0 Å². The molecule has 0 saturated carbocycles. The summed E-state index contributed by atoms with van der Waals surface area (Å²) in [6.45, 7) is -0.0885. The van der Waals surface area contributed by atoms with Crippen molar-refractivity contribution in [2.24, 2.45) is 0 Å². The molecule has 122 valence electrons. The van der Waals surface area contributed by atoms with Crippen molar-refractivity contribution >= 4 is 5.97 Å². The molecule has 3 aromatic rings. The lowest BCUT2D eigenvalue weighted by Crippen LogP contribution is -2.07. The number of rotatable bonds is 5. The second-order valence-corrected chi connectivity index (χ2v) is 4.94. The van der Waals surface area contributed by atoms with E-state index in [-0.39, 0.29) is 12.4 Å². The van der Waals surface area contributed by atoms with Crippen molar-refractivity contribution in [3.05, 3.63) is 71.7 Å². The number of para-hydroxylation sites is 1. The summed E-state index contributed by atoms with van der Waals surface area (Å²) in [5, 5.41) is 3.79. The lowest BCUT2D eigenvalue weighted by atomic mass is 10.1. The maximum absolute atomic E-state index is 13.7. The minimum Gasteiger partial charge on any atom is -0.496 e. The number of nitrogens with zero attached hydrogens (tertiary/aromatic N) is 1. The molecular formula is C18H14FNO4. The third kappa shape index (κ3) is 3.27. The van der Waals surface area contributed by atoms with Gasteiger partial charge in [-0.25, -0.2) is 9.18 Å². The van der Waals surface area contributed by atoms with E-state index in [2.05, 4.69) is 5.16 Å². The molecule has 0 atom stereocenters. The number of carbonyl (C=O) groups excluding carboxylic acids is 1. The van der Waals surface area contributed by atoms with Crippen LogP contribution in [0.4, 0.5) is 4.39 Å². The normalized spacial score (nSPS) is 10.4. The van der Waals surface area contributed by atoms with Gasteiger partial charge in [-0.1, -0.05) is 29.4 Å². The first-order valence-electron chi connectivity index (χ1n) is 7.19. The van der Waals surface area contributed by atoms with Gasteiger partial charge >= 0.3 is 5.97 Å². The Kier molecular flexibility index (Phi) is 4.56. The van der Waals surface area contributed by atoms with Crippen LogP contribution < -0.4 is 4.74 Å². The molecule has 6 heteroatoms. The van der Waals surface area contributed by atoms with Gasteiger partial charge in [0.05, 0.1) is 12.7 Å². The highest BCUT2D eigenvalue weighted by Gasteiger charge is 2.15. The van der Waals surface area contributed by atoms with Gasteiger partial charge in [0, 0.05) is 6.07 Å². The molecule has 0 bridgehead atoms. The Morgan fingerprint density at radius 2 is 1.92 bits per heavy atom. The van der Waals surface area contributed by atoms with Gasteiger partial charge < -0.3 is 14.0 Å². The van der Waals surface area contributed by atoms with Crippen LogP contribution in [0, 0.1) is 5.82 Å². The fourth-order valence-electron chi connectivity index (χ4n) is 2.20. The molecule has 1 aromatic heterocycles. The zero-order chi connectivity index (χ0) is 16.9. The third-order valence-corrected chi connectivity index (χ3v) is 3.38. The van der Waals surface area contributed by atoms with E-state index in [1.807, 2.05) is 0 Å². The second-order valence-electron chi connectivity index (χ2n) is 4.94. The molecule has 5 nitrogen and oxygen atoms in total. The van der Waals surface area contributed by atoms with Gasteiger partial charge in [-0.15, -0.1) is 0 Å². The van der Waals surface area contributed by atoms with E-state index in [0.717, 1.165) is 0 Å². The Labute approximate surface area is 137 Å². The van der Waals surface area contributed by atoms with Crippen molar-refractivity contribution in [3.8, 4) is 17.1 Å². The highest BCUT2D eigenvalue weighted by molar-refractivity contribution is 5.92. The van der Waals surface area contributed by atoms with Crippen LogP contribution in [0.15, 0.2) is 59.1 Å². The standard InChI is InChI=1S/C18H14FNO4/c1-22-16-9-5-3-7-14(16)18(21)23-11-12-10-17(24-20-12)13-6-2-4-8-15(13)19/h2-10H,11H2,1H3. The maximum Gasteiger partial charge on any atom is 0.342 e. The predicted octanol–water partition coefficient (Wildman–Crippen LogP) is 3.85. The minimum atomic E-state index is -0.539. The van der Waals surface area contributed by atoms with Crippen LogP contribution in [0.5, 0.6) is 5.75 Å². The number of esters is 1. The van der Waals surface area contributed by atoms with E-state index < -0.39 is 11.8 Å². The van der Waals surface area contributed by atoms with E-state index in [0.29, 0.717) is 22.6 Å². The summed E-state index contributed by atoms with van der Waals surface area (Å²) in [6, 6.07) is 14.5. The molecule has 2 aromatic carbocycles. The lowest BCUT2D eigenvalue weighted by Gasteiger charge is -2.07. The van der Waals surface area contributed by atoms with Crippen LogP contribution in [0.25, 0.3) is 11.3 Å². The zero-order valence-corrected chi connectivity index (χ0v) is 12.9. The van der Waals surface area contributed by atoms with Gasteiger partial charge in [0.1, 0.15) is 29.4 Å². The highest BCUT2D eigenvalue weighted by atomic mass is 19.1. The summed E-state index contributed by atoms with van der Waals surface area (Å²) < 4.78 is 29.1. The molecule has 0 aliphatic carbocycles. The second kappa shape index (κ2) is 6.95. The average molecular weight is 327 g/mol. The summed E-state index contributed by atoms with van der Waals surface area (Å²) in [5.41, 5.74) is 1.00. The van der Waals surface area contributed by atoms with E-state index in [4.69, 9.17) is 14.0 Å². The first-order valence-corrected chi connectivity index (χ1v) is 7.19. The molecule has 0 radical (unpaired) electrons. The fraction of sp³-hybridized carbons (Fsp3) is 0.111. The number of benzene rings is 2. The monoisotopic (exact) mass is 327 g/mol. The number of hydrogen-bond donors (Lipinski definition) is 0. The molecule has 3 rings (SSSR count). The smallest absolute Gasteiger partial charge is 0.342 e. The number of methoxy groups -OCH3 is 1. The van der Waals surface area contributed by atoms with Gasteiger partial charge in [0.2, 0.25) is 0 Å². The number of carbonyl (C=O) groups is 1. The van der Waals surface area contributed by atoms with Crippen molar-refractivity contribution < 1.29 is 23.2 Å². The Morgan fingerprint density at radius 3 is 2.71 bits per heavy atom.